The summed E-state index contributed by atoms with van der Waals surface area (Å²) in [6.07, 6.45) is 55.6. The Labute approximate surface area is 581 Å². The summed E-state index contributed by atoms with van der Waals surface area (Å²) >= 11 is 0. The second-order valence-electron chi connectivity index (χ2n) is 28.1. The molecule has 0 aromatic heterocycles. The Morgan fingerprint density at radius 3 is 0.800 bits per heavy atom. The molecule has 19 heteroatoms. The number of ether oxygens (including phenoxy) is 4. The number of carbonyl (C=O) groups is 4. The van der Waals surface area contributed by atoms with Gasteiger partial charge in [0.05, 0.1) is 26.4 Å². The Kier molecular flexibility index (Phi) is 66.5. The van der Waals surface area contributed by atoms with Gasteiger partial charge in [-0.15, -0.1) is 0 Å². The van der Waals surface area contributed by atoms with Crippen molar-refractivity contribution in [2.45, 2.75) is 413 Å². The molecule has 0 radical (unpaired) electrons. The van der Waals surface area contributed by atoms with E-state index in [1.54, 1.807) is 0 Å². The quantitative estimate of drug-likeness (QED) is 0.0222. The lowest BCUT2D eigenvalue weighted by Gasteiger charge is -2.21. The van der Waals surface area contributed by atoms with E-state index in [-0.39, 0.29) is 25.7 Å². The fourth-order valence-corrected chi connectivity index (χ4v) is 13.2. The summed E-state index contributed by atoms with van der Waals surface area (Å²) in [7, 11) is -9.91. The standard InChI is InChI=1S/C76H148O17P2/c1-7-10-12-14-16-18-20-21-22-23-24-28-32-35-39-46-52-58-73(78)86-64-71(92-76(81)61-55-49-41-37-33-29-26-25-27-31-34-38-45-51-57-69(6)9-3)66-90-94(82,83)88-62-70(77)63-89-95(84,85)91-67-72(65-87-74(79)59-53-47-43-42-44-50-56-68(4)5)93-75(80)60-54-48-40-36-30-19-17-15-13-11-8-2/h68-72,77H,7-67H2,1-6H3,(H,82,83)(H,84,85)/t69?,70-,71-,72-/m1/s1. The van der Waals surface area contributed by atoms with Crippen LogP contribution in [0.2, 0.25) is 0 Å². The van der Waals surface area contributed by atoms with E-state index in [9.17, 15) is 43.2 Å². The fraction of sp³-hybridized carbons (Fsp3) is 0.947. The molecule has 0 aromatic carbocycles. The van der Waals surface area contributed by atoms with Crippen molar-refractivity contribution in [1.29, 1.82) is 0 Å². The normalized spacial score (nSPS) is 14.3. The molecule has 0 rings (SSSR count). The van der Waals surface area contributed by atoms with E-state index in [1.807, 2.05) is 0 Å². The number of carbonyl (C=O) groups excluding carboxylic acids is 4. The minimum atomic E-state index is -4.96. The first-order chi connectivity index (χ1) is 45.9. The predicted molar refractivity (Wildman–Crippen MR) is 386 cm³/mol. The van der Waals surface area contributed by atoms with Crippen LogP contribution in [0.1, 0.15) is 395 Å². The minimum Gasteiger partial charge on any atom is -0.462 e. The molecule has 0 aliphatic carbocycles. The number of phosphoric acid groups is 2. The van der Waals surface area contributed by atoms with Crippen LogP contribution in [0.3, 0.4) is 0 Å². The maximum Gasteiger partial charge on any atom is 0.472 e. The van der Waals surface area contributed by atoms with Gasteiger partial charge in [-0.3, -0.25) is 37.3 Å². The highest BCUT2D eigenvalue weighted by molar-refractivity contribution is 7.47. The number of esters is 4. The average molecular weight is 1400 g/mol. The molecule has 0 amide bonds. The molecule has 0 fully saturated rings. The van der Waals surface area contributed by atoms with Gasteiger partial charge in [-0.2, -0.15) is 0 Å². The fourth-order valence-electron chi connectivity index (χ4n) is 11.6. The van der Waals surface area contributed by atoms with Crippen LogP contribution in [0, 0.1) is 11.8 Å². The summed E-state index contributed by atoms with van der Waals surface area (Å²) in [6.45, 7) is 9.56. The zero-order valence-electron chi connectivity index (χ0n) is 62.0. The topological polar surface area (TPSA) is 237 Å². The van der Waals surface area contributed by atoms with E-state index in [0.717, 1.165) is 102 Å². The molecule has 3 N–H and O–H groups in total. The number of unbranched alkanes of at least 4 members (excludes halogenated alkanes) is 44. The summed E-state index contributed by atoms with van der Waals surface area (Å²) in [5.41, 5.74) is 0. The molecule has 3 unspecified atom stereocenters. The molecule has 0 spiro atoms. The summed E-state index contributed by atoms with van der Waals surface area (Å²) in [5.74, 6) is -0.591. The first-order valence-electron chi connectivity index (χ1n) is 39.5. The van der Waals surface area contributed by atoms with Crippen LogP contribution in [0.25, 0.3) is 0 Å². The molecule has 0 aromatic rings. The maximum absolute atomic E-state index is 13.1. The maximum atomic E-state index is 13.1. The van der Waals surface area contributed by atoms with Gasteiger partial charge in [0, 0.05) is 25.7 Å². The van der Waals surface area contributed by atoms with Crippen molar-refractivity contribution in [3.63, 3.8) is 0 Å². The Balaban J connectivity index is 5.22. The molecule has 0 bridgehead atoms. The van der Waals surface area contributed by atoms with Gasteiger partial charge in [-0.05, 0) is 37.5 Å². The van der Waals surface area contributed by atoms with Crippen molar-refractivity contribution in [3.8, 4) is 0 Å². The van der Waals surface area contributed by atoms with E-state index in [0.29, 0.717) is 31.6 Å². The minimum absolute atomic E-state index is 0.106. The van der Waals surface area contributed by atoms with Gasteiger partial charge in [0.25, 0.3) is 0 Å². The first-order valence-corrected chi connectivity index (χ1v) is 42.5. The van der Waals surface area contributed by atoms with Crippen LogP contribution in [0.5, 0.6) is 0 Å². The molecule has 17 nitrogen and oxygen atoms in total. The van der Waals surface area contributed by atoms with Gasteiger partial charge < -0.3 is 33.8 Å². The Morgan fingerprint density at radius 1 is 0.305 bits per heavy atom. The predicted octanol–water partition coefficient (Wildman–Crippen LogP) is 22.3. The Hall–Kier alpha value is -1.94. The van der Waals surface area contributed by atoms with E-state index < -0.39 is 97.5 Å². The van der Waals surface area contributed by atoms with Crippen LogP contribution in [0.4, 0.5) is 0 Å². The lowest BCUT2D eigenvalue weighted by atomic mass is 9.99. The van der Waals surface area contributed by atoms with Crippen LogP contribution >= 0.6 is 15.6 Å². The van der Waals surface area contributed by atoms with E-state index in [1.165, 1.54) is 205 Å². The third-order valence-corrected chi connectivity index (χ3v) is 20.0. The number of aliphatic hydroxyl groups is 1. The molecule has 0 saturated carbocycles. The highest BCUT2D eigenvalue weighted by Crippen LogP contribution is 2.45. The zero-order valence-corrected chi connectivity index (χ0v) is 63.8. The molecular formula is C76H148O17P2. The van der Waals surface area contributed by atoms with Crippen LogP contribution < -0.4 is 0 Å². The SMILES string of the molecule is CCCCCCCCCCCCCCCCCCCC(=O)OC[C@H](COP(=O)(O)OC[C@@H](O)COP(=O)(O)OC[C@@H](COC(=O)CCCCCCCCC(C)C)OC(=O)CCCCCCCCCCCCC)OC(=O)CCCCCCCCCCCCCCCCC(C)CC. The van der Waals surface area contributed by atoms with Crippen molar-refractivity contribution in [1.82, 2.24) is 0 Å². The van der Waals surface area contributed by atoms with E-state index in [4.69, 9.17) is 37.0 Å². The van der Waals surface area contributed by atoms with Gasteiger partial charge in [-0.1, -0.05) is 343 Å². The van der Waals surface area contributed by atoms with E-state index >= 15 is 0 Å². The highest BCUT2D eigenvalue weighted by atomic mass is 31.2. The monoisotopic (exact) mass is 1400 g/mol. The third kappa shape index (κ3) is 69.0. The molecular weight excluding hydrogens is 1250 g/mol. The first kappa shape index (κ1) is 93.1. The molecule has 0 aliphatic heterocycles. The van der Waals surface area contributed by atoms with Crippen LogP contribution in [-0.2, 0) is 65.4 Å². The largest absolute Gasteiger partial charge is 0.472 e. The van der Waals surface area contributed by atoms with Gasteiger partial charge in [0.1, 0.15) is 19.3 Å². The number of hydrogen-bond donors (Lipinski definition) is 3. The Bertz CT molecular complexity index is 1840. The molecule has 6 atom stereocenters. The van der Waals surface area contributed by atoms with Crippen LogP contribution in [-0.4, -0.2) is 96.7 Å². The lowest BCUT2D eigenvalue weighted by Crippen LogP contribution is -2.30. The highest BCUT2D eigenvalue weighted by Gasteiger charge is 2.30. The molecule has 0 aliphatic rings. The number of rotatable bonds is 75. The summed E-state index contributed by atoms with van der Waals surface area (Å²) < 4.78 is 68.5. The lowest BCUT2D eigenvalue weighted by molar-refractivity contribution is -0.161. The zero-order chi connectivity index (χ0) is 70.0. The summed E-state index contributed by atoms with van der Waals surface area (Å²) in [5, 5.41) is 10.6. The summed E-state index contributed by atoms with van der Waals surface area (Å²) in [4.78, 5) is 72.7. The molecule has 0 heterocycles. The van der Waals surface area contributed by atoms with Gasteiger partial charge in [0.15, 0.2) is 12.2 Å². The van der Waals surface area contributed by atoms with Gasteiger partial charge in [0.2, 0.25) is 0 Å². The van der Waals surface area contributed by atoms with Crippen molar-refractivity contribution in [2.75, 3.05) is 39.6 Å². The second-order valence-corrected chi connectivity index (χ2v) is 31.0. The molecule has 0 saturated heterocycles. The average Bonchev–Trinajstić information content (AvgIpc) is 2.04. The number of phosphoric ester groups is 2. The summed E-state index contributed by atoms with van der Waals surface area (Å²) in [6, 6.07) is 0. The molecule has 95 heavy (non-hydrogen) atoms. The van der Waals surface area contributed by atoms with Crippen molar-refractivity contribution in [2.24, 2.45) is 11.8 Å². The van der Waals surface area contributed by atoms with Crippen LogP contribution in [0.15, 0.2) is 0 Å². The van der Waals surface area contributed by atoms with Crippen molar-refractivity contribution in [3.05, 3.63) is 0 Å². The second kappa shape index (κ2) is 67.9. The third-order valence-electron chi connectivity index (χ3n) is 18.1. The van der Waals surface area contributed by atoms with Crippen molar-refractivity contribution < 1.29 is 80.2 Å². The van der Waals surface area contributed by atoms with Gasteiger partial charge in [-0.25, -0.2) is 9.13 Å². The number of aliphatic hydroxyl groups excluding tert-OH is 1. The van der Waals surface area contributed by atoms with Crippen molar-refractivity contribution >= 4 is 39.5 Å². The molecule has 564 valence electrons. The Morgan fingerprint density at radius 2 is 0.537 bits per heavy atom. The smallest absolute Gasteiger partial charge is 0.462 e. The van der Waals surface area contributed by atoms with Gasteiger partial charge >= 0.3 is 39.5 Å². The number of hydrogen-bond acceptors (Lipinski definition) is 15. The van der Waals surface area contributed by atoms with E-state index in [2.05, 4.69) is 41.5 Å².